The number of pyridine rings is 1. The van der Waals surface area contributed by atoms with Gasteiger partial charge in [-0.1, -0.05) is 54.6 Å². The molecule has 10 heteroatoms. The monoisotopic (exact) mass is 584 g/mol. The van der Waals surface area contributed by atoms with Gasteiger partial charge in [-0.25, -0.2) is 0 Å². The largest absolute Gasteiger partial charge is 0.480 e. The Morgan fingerprint density at radius 1 is 0.953 bits per heavy atom. The van der Waals surface area contributed by atoms with Crippen molar-refractivity contribution >= 4 is 23.7 Å². The van der Waals surface area contributed by atoms with Gasteiger partial charge in [-0.2, -0.15) is 0 Å². The third kappa shape index (κ3) is 5.69. The van der Waals surface area contributed by atoms with Crippen LogP contribution in [0, 0.1) is 0 Å². The summed E-state index contributed by atoms with van der Waals surface area (Å²) < 4.78 is 1.36. The number of aromatic nitrogens is 1. The number of nitrogens with one attached hydrogen (secondary N) is 1. The molecule has 2 atom stereocenters. The maximum absolute atomic E-state index is 14.1. The predicted octanol–water partition coefficient (Wildman–Crippen LogP) is 2.51. The number of hydrogen-bond donors (Lipinski definition) is 2. The van der Waals surface area contributed by atoms with E-state index >= 15 is 0 Å². The molecule has 10 nitrogen and oxygen atoms in total. The highest BCUT2D eigenvalue weighted by molar-refractivity contribution is 5.96. The zero-order valence-corrected chi connectivity index (χ0v) is 24.4. The molecule has 1 aromatic heterocycles. The maximum atomic E-state index is 14.1. The van der Waals surface area contributed by atoms with Gasteiger partial charge in [-0.05, 0) is 54.5 Å². The second-order valence-corrected chi connectivity index (χ2v) is 11.4. The molecular weight excluding hydrogens is 548 g/mol. The summed E-state index contributed by atoms with van der Waals surface area (Å²) in [7, 11) is 3.10. The fourth-order valence-corrected chi connectivity index (χ4v) is 6.56. The first-order valence-electron chi connectivity index (χ1n) is 14.5. The zero-order chi connectivity index (χ0) is 30.7. The summed E-state index contributed by atoms with van der Waals surface area (Å²) in [4.78, 5) is 67.7. The summed E-state index contributed by atoms with van der Waals surface area (Å²) in [5.74, 6) is -2.31. The summed E-state index contributed by atoms with van der Waals surface area (Å²) in [6, 6.07) is 19.9. The highest BCUT2D eigenvalue weighted by Gasteiger charge is 2.50. The van der Waals surface area contributed by atoms with Crippen molar-refractivity contribution < 1.29 is 24.3 Å². The number of carbonyl (C=O) groups is 4. The van der Waals surface area contributed by atoms with Gasteiger partial charge >= 0.3 is 5.97 Å². The number of carboxylic acids is 1. The number of fused-ring (bicyclic) bond motifs is 1. The maximum Gasteiger partial charge on any atom is 0.323 e. The quantitative estimate of drug-likeness (QED) is 0.439. The molecule has 0 spiro atoms. The molecule has 1 aliphatic heterocycles. The highest BCUT2D eigenvalue weighted by atomic mass is 16.4. The molecule has 2 aromatic carbocycles. The van der Waals surface area contributed by atoms with Crippen LogP contribution in [-0.4, -0.2) is 75.9 Å². The van der Waals surface area contributed by atoms with E-state index in [1.54, 1.807) is 19.3 Å². The summed E-state index contributed by atoms with van der Waals surface area (Å²) in [5.41, 5.74) is 0.871. The summed E-state index contributed by atoms with van der Waals surface area (Å²) in [6.45, 7) is 0.487. The van der Waals surface area contributed by atoms with Crippen LogP contribution in [-0.2, 0) is 26.8 Å². The Morgan fingerprint density at radius 2 is 1.63 bits per heavy atom. The molecule has 224 valence electrons. The molecule has 3 aromatic rings. The third-order valence-corrected chi connectivity index (χ3v) is 8.76. The van der Waals surface area contributed by atoms with Gasteiger partial charge in [0.1, 0.15) is 12.1 Å². The van der Waals surface area contributed by atoms with E-state index in [1.807, 2.05) is 59.5 Å². The Labute approximate surface area is 249 Å². The van der Waals surface area contributed by atoms with Crippen molar-refractivity contribution in [1.82, 2.24) is 19.7 Å². The first-order valence-corrected chi connectivity index (χ1v) is 14.5. The van der Waals surface area contributed by atoms with Gasteiger partial charge in [0.25, 0.3) is 11.5 Å². The zero-order valence-electron chi connectivity index (χ0n) is 24.4. The van der Waals surface area contributed by atoms with Crippen LogP contribution in [0.2, 0.25) is 0 Å². The van der Waals surface area contributed by atoms with Crippen molar-refractivity contribution in [2.75, 3.05) is 26.7 Å². The average molecular weight is 585 g/mol. The lowest BCUT2D eigenvalue weighted by atomic mass is 9.62. The lowest BCUT2D eigenvalue weighted by molar-refractivity contribution is -0.145. The molecule has 1 fully saturated rings. The number of carboxylic acid groups (broad SMARTS) is 1. The smallest absolute Gasteiger partial charge is 0.323 e. The van der Waals surface area contributed by atoms with Crippen molar-refractivity contribution in [2.24, 2.45) is 7.05 Å². The molecule has 1 saturated heterocycles. The van der Waals surface area contributed by atoms with Gasteiger partial charge in [0.05, 0.1) is 11.3 Å². The minimum Gasteiger partial charge on any atom is -0.480 e. The van der Waals surface area contributed by atoms with E-state index in [-0.39, 0.29) is 29.0 Å². The summed E-state index contributed by atoms with van der Waals surface area (Å²) in [6.07, 6.45) is 3.49. The topological polar surface area (TPSA) is 129 Å². The minimum atomic E-state index is -1.12. The van der Waals surface area contributed by atoms with Crippen LogP contribution >= 0.6 is 0 Å². The number of rotatable bonds is 7. The summed E-state index contributed by atoms with van der Waals surface area (Å²) in [5, 5.41) is 12.4. The SMILES string of the molecule is CN(CC(=O)O)C(=O)[C@@]1(c2ccccc2)CC[C@H](C(=O)N2CCC(NC(=O)c3cccn(C)c3=O)CC2)c2ccccc21. The van der Waals surface area contributed by atoms with Crippen LogP contribution in [0.25, 0.3) is 0 Å². The third-order valence-electron chi connectivity index (χ3n) is 8.76. The number of benzene rings is 2. The normalized spacial score (nSPS) is 20.1. The van der Waals surface area contributed by atoms with Crippen molar-refractivity contribution in [3.8, 4) is 0 Å². The molecule has 5 rings (SSSR count). The molecule has 2 aliphatic rings. The molecular formula is C33H36N4O6. The number of nitrogens with zero attached hydrogens (tertiary/aromatic N) is 3. The van der Waals surface area contributed by atoms with E-state index < -0.39 is 29.8 Å². The standard InChI is InChI=1S/C33H36N4O6/c1-35-18-8-12-26(30(35)41)29(40)34-23-15-19-37(20-16-23)31(42)25-14-17-33(22-9-4-3-5-10-22,27-13-7-6-11-24(25)27)32(43)36(2)21-28(38)39/h3-13,18,23,25H,14-17,19-21H2,1-2H3,(H,34,40)(H,38,39)/t25-,33+/m0/s1. The van der Waals surface area contributed by atoms with Gasteiger partial charge in [-0.3, -0.25) is 24.0 Å². The van der Waals surface area contributed by atoms with Crippen molar-refractivity contribution in [2.45, 2.75) is 43.1 Å². The number of piperidine rings is 1. The van der Waals surface area contributed by atoms with Crippen molar-refractivity contribution in [3.63, 3.8) is 0 Å². The van der Waals surface area contributed by atoms with Gasteiger partial charge in [0, 0.05) is 39.4 Å². The molecule has 2 N–H and O–H groups in total. The minimum absolute atomic E-state index is 0.0258. The number of aliphatic carboxylic acids is 1. The molecule has 0 saturated carbocycles. The molecule has 3 amide bonds. The van der Waals surface area contributed by atoms with Crippen LogP contribution in [0.15, 0.2) is 77.7 Å². The van der Waals surface area contributed by atoms with Crippen LogP contribution < -0.4 is 10.9 Å². The number of aryl methyl sites for hydroxylation is 1. The fraction of sp³-hybridized carbons (Fsp3) is 0.364. The Bertz CT molecular complexity index is 1590. The Morgan fingerprint density at radius 3 is 2.33 bits per heavy atom. The number of likely N-dealkylation sites (N-methyl/N-ethyl adjacent to an activating group) is 1. The molecule has 0 bridgehead atoms. The number of hydrogen-bond acceptors (Lipinski definition) is 5. The number of carbonyl (C=O) groups excluding carboxylic acids is 3. The second kappa shape index (κ2) is 12.2. The van der Waals surface area contributed by atoms with Crippen molar-refractivity contribution in [3.05, 3.63) is 106 Å². The van der Waals surface area contributed by atoms with Crippen molar-refractivity contribution in [1.29, 1.82) is 0 Å². The van der Waals surface area contributed by atoms with E-state index in [1.165, 1.54) is 22.6 Å². The van der Waals surface area contributed by atoms with Gasteiger partial charge in [0.2, 0.25) is 11.8 Å². The molecule has 1 aliphatic carbocycles. The van der Waals surface area contributed by atoms with Crippen LogP contribution in [0.3, 0.4) is 0 Å². The lowest BCUT2D eigenvalue weighted by Crippen LogP contribution is -2.52. The first kappa shape index (κ1) is 29.8. The second-order valence-electron chi connectivity index (χ2n) is 11.4. The van der Waals surface area contributed by atoms with E-state index in [4.69, 9.17) is 0 Å². The van der Waals surface area contributed by atoms with Gasteiger partial charge in [-0.15, -0.1) is 0 Å². The average Bonchev–Trinajstić information content (AvgIpc) is 3.01. The summed E-state index contributed by atoms with van der Waals surface area (Å²) >= 11 is 0. The van der Waals surface area contributed by atoms with E-state index in [2.05, 4.69) is 5.32 Å². The van der Waals surface area contributed by atoms with Crippen LogP contribution in [0.4, 0.5) is 0 Å². The van der Waals surface area contributed by atoms with E-state index in [9.17, 15) is 29.1 Å². The highest BCUT2D eigenvalue weighted by Crippen LogP contribution is 2.48. The molecule has 43 heavy (non-hydrogen) atoms. The molecule has 0 radical (unpaired) electrons. The Kier molecular flexibility index (Phi) is 8.47. The van der Waals surface area contributed by atoms with Gasteiger partial charge < -0.3 is 24.8 Å². The number of likely N-dealkylation sites (tertiary alicyclic amines) is 1. The van der Waals surface area contributed by atoms with Crippen LogP contribution in [0.1, 0.15) is 58.6 Å². The first-order chi connectivity index (χ1) is 20.6. The van der Waals surface area contributed by atoms with Crippen LogP contribution in [0.5, 0.6) is 0 Å². The van der Waals surface area contributed by atoms with E-state index in [0.717, 1.165) is 16.7 Å². The van der Waals surface area contributed by atoms with Gasteiger partial charge in [0.15, 0.2) is 0 Å². The van der Waals surface area contributed by atoms with E-state index in [0.29, 0.717) is 38.8 Å². The fourth-order valence-electron chi connectivity index (χ4n) is 6.56. The predicted molar refractivity (Wildman–Crippen MR) is 160 cm³/mol. The molecule has 2 heterocycles. The number of amides is 3. The lowest BCUT2D eigenvalue weighted by Gasteiger charge is -2.44. The Balaban J connectivity index is 1.36. The molecule has 0 unspecified atom stereocenters. The Hall–Kier alpha value is -4.73.